The van der Waals surface area contributed by atoms with Crippen molar-refractivity contribution in [1.82, 2.24) is 9.88 Å². The van der Waals surface area contributed by atoms with Crippen LogP contribution in [-0.2, 0) is 0 Å². The standard InChI is InChI=1S/C22H23N3O4S/c1-13-7-8-14(2)20-19(13)23-22(30-20)29-16-9-11-24(12-10-16)21(26)17-5-4-6-18(15(17)3)25(27)28/h4-8,16H,9-12H2,1-3H3. The summed E-state index contributed by atoms with van der Waals surface area (Å²) in [5, 5.41) is 11.8. The number of fused-ring (bicyclic) bond motifs is 1. The monoisotopic (exact) mass is 425 g/mol. The van der Waals surface area contributed by atoms with Crippen molar-refractivity contribution >= 4 is 33.1 Å². The second-order valence-corrected chi connectivity index (χ2v) is 8.63. The largest absolute Gasteiger partial charge is 0.467 e. The quantitative estimate of drug-likeness (QED) is 0.442. The number of rotatable bonds is 4. The average molecular weight is 426 g/mol. The predicted octanol–water partition coefficient (Wildman–Crippen LogP) is 4.81. The number of nitro benzene ring substituents is 1. The van der Waals surface area contributed by atoms with Crippen LogP contribution in [-0.4, -0.2) is 39.9 Å². The Kier molecular flexibility index (Phi) is 5.42. The first-order valence-corrected chi connectivity index (χ1v) is 10.7. The van der Waals surface area contributed by atoms with Crippen LogP contribution in [0.1, 0.15) is 39.9 Å². The van der Waals surface area contributed by atoms with E-state index in [4.69, 9.17) is 4.74 Å². The highest BCUT2D eigenvalue weighted by molar-refractivity contribution is 7.20. The molecular weight excluding hydrogens is 402 g/mol. The van der Waals surface area contributed by atoms with Crippen LogP contribution >= 0.6 is 11.3 Å². The molecule has 3 aromatic rings. The zero-order valence-electron chi connectivity index (χ0n) is 17.2. The van der Waals surface area contributed by atoms with Crippen molar-refractivity contribution in [3.63, 3.8) is 0 Å². The lowest BCUT2D eigenvalue weighted by molar-refractivity contribution is -0.385. The molecule has 0 N–H and O–H groups in total. The van der Waals surface area contributed by atoms with Gasteiger partial charge in [-0.05, 0) is 38.0 Å². The molecule has 0 spiro atoms. The summed E-state index contributed by atoms with van der Waals surface area (Å²) in [5.74, 6) is -0.166. The second kappa shape index (κ2) is 8.02. The number of likely N-dealkylation sites (tertiary alicyclic amines) is 1. The summed E-state index contributed by atoms with van der Waals surface area (Å²) in [7, 11) is 0. The van der Waals surface area contributed by atoms with Crippen LogP contribution in [0, 0.1) is 30.9 Å². The number of hydrogen-bond donors (Lipinski definition) is 0. The number of aromatic nitrogens is 1. The molecule has 7 nitrogen and oxygen atoms in total. The molecule has 2 heterocycles. The maximum absolute atomic E-state index is 12.9. The van der Waals surface area contributed by atoms with Gasteiger partial charge in [-0.2, -0.15) is 0 Å². The Bertz CT molecular complexity index is 1090. The van der Waals surface area contributed by atoms with E-state index in [9.17, 15) is 14.9 Å². The molecule has 8 heteroatoms. The zero-order chi connectivity index (χ0) is 21.4. The number of nitro groups is 1. The number of carbonyl (C=O) groups is 1. The summed E-state index contributed by atoms with van der Waals surface area (Å²) in [6, 6.07) is 8.80. The Hall–Kier alpha value is -3.00. The second-order valence-electron chi connectivity index (χ2n) is 7.67. The van der Waals surface area contributed by atoms with E-state index >= 15 is 0 Å². The summed E-state index contributed by atoms with van der Waals surface area (Å²) in [6.07, 6.45) is 1.41. The van der Waals surface area contributed by atoms with Crippen molar-refractivity contribution in [2.75, 3.05) is 13.1 Å². The highest BCUT2D eigenvalue weighted by Gasteiger charge is 2.28. The normalized spacial score (nSPS) is 14.8. The lowest BCUT2D eigenvalue weighted by Crippen LogP contribution is -2.42. The molecule has 2 aromatic carbocycles. The van der Waals surface area contributed by atoms with Crippen LogP contribution in [0.4, 0.5) is 5.69 Å². The Morgan fingerprint density at radius 3 is 2.53 bits per heavy atom. The van der Waals surface area contributed by atoms with Gasteiger partial charge in [0.1, 0.15) is 6.10 Å². The molecule has 0 bridgehead atoms. The average Bonchev–Trinajstić information content (AvgIpc) is 3.16. The Morgan fingerprint density at radius 1 is 1.17 bits per heavy atom. The van der Waals surface area contributed by atoms with Gasteiger partial charge in [0.2, 0.25) is 0 Å². The van der Waals surface area contributed by atoms with E-state index < -0.39 is 4.92 Å². The molecule has 1 aliphatic heterocycles. The fraction of sp³-hybridized carbons (Fsp3) is 0.364. The van der Waals surface area contributed by atoms with Crippen LogP contribution in [0.25, 0.3) is 10.2 Å². The predicted molar refractivity (Wildman–Crippen MR) is 116 cm³/mol. The summed E-state index contributed by atoms with van der Waals surface area (Å²) < 4.78 is 7.29. The highest BCUT2D eigenvalue weighted by Crippen LogP contribution is 2.34. The number of aryl methyl sites for hydroxylation is 2. The molecule has 1 amide bonds. The van der Waals surface area contributed by atoms with Crippen molar-refractivity contribution in [3.8, 4) is 5.19 Å². The van der Waals surface area contributed by atoms with E-state index in [1.807, 2.05) is 6.92 Å². The van der Waals surface area contributed by atoms with Gasteiger partial charge in [0.15, 0.2) is 0 Å². The minimum absolute atomic E-state index is 0.00132. The minimum Gasteiger partial charge on any atom is -0.467 e. The first-order chi connectivity index (χ1) is 14.3. The third-order valence-electron chi connectivity index (χ3n) is 5.65. The van der Waals surface area contributed by atoms with Crippen molar-refractivity contribution in [2.24, 2.45) is 0 Å². The first kappa shape index (κ1) is 20.3. The minimum atomic E-state index is -0.451. The SMILES string of the molecule is Cc1c(C(=O)N2CCC(Oc3nc4c(C)ccc(C)c4s3)CC2)cccc1[N+](=O)[O-]. The Morgan fingerprint density at radius 2 is 1.87 bits per heavy atom. The van der Waals surface area contributed by atoms with Crippen molar-refractivity contribution in [2.45, 2.75) is 39.7 Å². The molecule has 0 saturated carbocycles. The van der Waals surface area contributed by atoms with Gasteiger partial charge in [-0.15, -0.1) is 0 Å². The van der Waals surface area contributed by atoms with Gasteiger partial charge in [0, 0.05) is 43.1 Å². The lowest BCUT2D eigenvalue weighted by Gasteiger charge is -2.31. The molecule has 0 radical (unpaired) electrons. The van der Waals surface area contributed by atoms with Crippen molar-refractivity contribution in [3.05, 3.63) is 62.7 Å². The third-order valence-corrected chi connectivity index (χ3v) is 6.73. The molecule has 1 aromatic heterocycles. The Labute approximate surface area is 178 Å². The molecule has 1 saturated heterocycles. The summed E-state index contributed by atoms with van der Waals surface area (Å²) >= 11 is 1.56. The molecule has 0 aliphatic carbocycles. The van der Waals surface area contributed by atoms with Gasteiger partial charge in [-0.1, -0.05) is 29.5 Å². The number of thiazole rings is 1. The number of carbonyl (C=O) groups excluding carboxylic acids is 1. The number of hydrogen-bond acceptors (Lipinski definition) is 6. The summed E-state index contributed by atoms with van der Waals surface area (Å²) in [6.45, 7) is 6.84. The molecule has 156 valence electrons. The van der Waals surface area contributed by atoms with Crippen LogP contribution in [0.5, 0.6) is 5.19 Å². The lowest BCUT2D eigenvalue weighted by atomic mass is 10.0. The third kappa shape index (κ3) is 3.75. The van der Waals surface area contributed by atoms with Gasteiger partial charge in [0.05, 0.1) is 15.1 Å². The van der Waals surface area contributed by atoms with Crippen LogP contribution in [0.3, 0.4) is 0 Å². The maximum Gasteiger partial charge on any atom is 0.274 e. The number of piperidine rings is 1. The maximum atomic E-state index is 12.9. The van der Waals surface area contributed by atoms with Gasteiger partial charge in [-0.25, -0.2) is 4.98 Å². The van der Waals surface area contributed by atoms with Crippen molar-refractivity contribution in [1.29, 1.82) is 0 Å². The van der Waals surface area contributed by atoms with Crippen LogP contribution in [0.2, 0.25) is 0 Å². The van der Waals surface area contributed by atoms with Gasteiger partial charge in [-0.3, -0.25) is 14.9 Å². The molecule has 4 rings (SSSR count). The molecule has 1 aliphatic rings. The zero-order valence-corrected chi connectivity index (χ0v) is 18.0. The molecule has 30 heavy (non-hydrogen) atoms. The van der Waals surface area contributed by atoms with E-state index in [0.717, 1.165) is 15.8 Å². The Balaban J connectivity index is 1.43. The smallest absolute Gasteiger partial charge is 0.274 e. The molecule has 0 atom stereocenters. The highest BCUT2D eigenvalue weighted by atomic mass is 32.1. The van der Waals surface area contributed by atoms with E-state index in [1.54, 1.807) is 35.3 Å². The fourth-order valence-electron chi connectivity index (χ4n) is 3.83. The van der Waals surface area contributed by atoms with Crippen LogP contribution in [0.15, 0.2) is 30.3 Å². The van der Waals surface area contributed by atoms with Gasteiger partial charge < -0.3 is 9.64 Å². The van der Waals surface area contributed by atoms with E-state index in [1.165, 1.54) is 11.6 Å². The number of amides is 1. The van der Waals surface area contributed by atoms with Gasteiger partial charge in [0.25, 0.3) is 16.8 Å². The van der Waals surface area contributed by atoms with E-state index in [2.05, 4.69) is 24.0 Å². The molecule has 1 fully saturated rings. The van der Waals surface area contributed by atoms with Crippen molar-refractivity contribution < 1.29 is 14.5 Å². The van der Waals surface area contributed by atoms with E-state index in [-0.39, 0.29) is 17.7 Å². The fourth-order valence-corrected chi connectivity index (χ4v) is 4.86. The van der Waals surface area contributed by atoms with Gasteiger partial charge >= 0.3 is 0 Å². The number of benzene rings is 2. The summed E-state index contributed by atoms with van der Waals surface area (Å²) in [4.78, 5) is 30.0. The number of ether oxygens (including phenoxy) is 1. The van der Waals surface area contributed by atoms with E-state index in [0.29, 0.717) is 42.3 Å². The van der Waals surface area contributed by atoms with Crippen LogP contribution < -0.4 is 4.74 Å². The molecule has 0 unspecified atom stereocenters. The summed E-state index contributed by atoms with van der Waals surface area (Å²) in [5.41, 5.74) is 4.08. The topological polar surface area (TPSA) is 85.6 Å². The number of nitrogens with zero attached hydrogens (tertiary/aromatic N) is 3. The molecular formula is C22H23N3O4S. The first-order valence-electron chi connectivity index (χ1n) is 9.92.